The van der Waals surface area contributed by atoms with Gasteiger partial charge in [0.2, 0.25) is 0 Å². The van der Waals surface area contributed by atoms with Crippen molar-refractivity contribution in [2.24, 2.45) is 4.99 Å². The molecule has 0 radical (unpaired) electrons. The summed E-state index contributed by atoms with van der Waals surface area (Å²) in [6, 6.07) is 12.1. The quantitative estimate of drug-likeness (QED) is 0.522. The number of rotatable bonds is 6. The normalized spacial score (nSPS) is 11.8. The van der Waals surface area contributed by atoms with Gasteiger partial charge in [0.25, 0.3) is 5.91 Å². The van der Waals surface area contributed by atoms with Gasteiger partial charge in [-0.25, -0.2) is 4.99 Å². The maximum absolute atomic E-state index is 12.6. The number of carbonyl (C=O) groups is 1. The highest BCUT2D eigenvalue weighted by Crippen LogP contribution is 2.29. The molecule has 28 heavy (non-hydrogen) atoms. The first kappa shape index (κ1) is 21.3. The molecule has 0 unspecified atom stereocenters. The second-order valence-electron chi connectivity index (χ2n) is 6.02. The number of amides is 1. The molecule has 2 aromatic carbocycles. The van der Waals surface area contributed by atoms with Gasteiger partial charge in [-0.2, -0.15) is 13.2 Å². The molecule has 0 saturated carbocycles. The van der Waals surface area contributed by atoms with Crippen LogP contribution in [0.3, 0.4) is 0 Å². The van der Waals surface area contributed by atoms with E-state index >= 15 is 0 Å². The Hall–Kier alpha value is -3.03. The van der Waals surface area contributed by atoms with Crippen LogP contribution in [0.4, 0.5) is 13.2 Å². The molecule has 0 aliphatic heterocycles. The van der Waals surface area contributed by atoms with E-state index in [4.69, 9.17) is 0 Å². The van der Waals surface area contributed by atoms with E-state index in [1.165, 1.54) is 12.1 Å². The molecule has 8 heteroatoms. The van der Waals surface area contributed by atoms with Crippen LogP contribution in [0.2, 0.25) is 0 Å². The molecular formula is C20H23F3N4O. The Morgan fingerprint density at radius 1 is 1.04 bits per heavy atom. The van der Waals surface area contributed by atoms with Crippen molar-refractivity contribution >= 4 is 11.9 Å². The number of nitrogens with zero attached hydrogens (tertiary/aromatic N) is 1. The highest BCUT2D eigenvalue weighted by atomic mass is 19.4. The SMILES string of the molecule is CCNC(=NCc1cccc(C(=O)NC)c1)NCc1ccc(C(F)(F)F)cc1. The lowest BCUT2D eigenvalue weighted by atomic mass is 10.1. The summed E-state index contributed by atoms with van der Waals surface area (Å²) >= 11 is 0. The van der Waals surface area contributed by atoms with Gasteiger partial charge in [-0.3, -0.25) is 4.79 Å². The smallest absolute Gasteiger partial charge is 0.357 e. The van der Waals surface area contributed by atoms with Crippen LogP contribution in [-0.2, 0) is 19.3 Å². The van der Waals surface area contributed by atoms with Crippen LogP contribution < -0.4 is 16.0 Å². The van der Waals surface area contributed by atoms with Crippen molar-refractivity contribution in [1.29, 1.82) is 0 Å². The molecule has 0 heterocycles. The number of carbonyl (C=O) groups excluding carboxylic acids is 1. The summed E-state index contributed by atoms with van der Waals surface area (Å²) in [6.45, 7) is 3.24. The lowest BCUT2D eigenvalue weighted by molar-refractivity contribution is -0.137. The monoisotopic (exact) mass is 392 g/mol. The average molecular weight is 392 g/mol. The van der Waals surface area contributed by atoms with Crippen LogP contribution in [0.25, 0.3) is 0 Å². The highest BCUT2D eigenvalue weighted by molar-refractivity contribution is 5.94. The predicted molar refractivity (Wildman–Crippen MR) is 103 cm³/mol. The molecule has 0 aliphatic carbocycles. The number of aliphatic imine (C=N–C) groups is 1. The lowest BCUT2D eigenvalue weighted by Gasteiger charge is -2.12. The minimum absolute atomic E-state index is 0.168. The summed E-state index contributed by atoms with van der Waals surface area (Å²) < 4.78 is 37.9. The van der Waals surface area contributed by atoms with E-state index < -0.39 is 11.7 Å². The summed E-state index contributed by atoms with van der Waals surface area (Å²) in [5, 5.41) is 8.75. The topological polar surface area (TPSA) is 65.5 Å². The molecule has 0 saturated heterocycles. The average Bonchev–Trinajstić information content (AvgIpc) is 2.69. The standard InChI is InChI=1S/C20H23F3N4O/c1-3-25-19(26-12-14-7-9-17(10-8-14)20(21,22)23)27-13-15-5-4-6-16(11-15)18(28)24-2/h4-11H,3,12-13H2,1-2H3,(H,24,28)(H2,25,26,27). The van der Waals surface area contributed by atoms with Gasteiger partial charge < -0.3 is 16.0 Å². The predicted octanol–water partition coefficient (Wildman–Crippen LogP) is 3.32. The Morgan fingerprint density at radius 3 is 2.36 bits per heavy atom. The molecule has 2 rings (SSSR count). The fourth-order valence-corrected chi connectivity index (χ4v) is 2.46. The maximum Gasteiger partial charge on any atom is 0.416 e. The number of nitrogens with one attached hydrogen (secondary N) is 3. The zero-order valence-electron chi connectivity index (χ0n) is 15.7. The van der Waals surface area contributed by atoms with Gasteiger partial charge in [-0.1, -0.05) is 24.3 Å². The summed E-state index contributed by atoms with van der Waals surface area (Å²) in [6.07, 6.45) is -4.34. The molecular weight excluding hydrogens is 369 g/mol. The van der Waals surface area contributed by atoms with Crippen molar-refractivity contribution < 1.29 is 18.0 Å². The van der Waals surface area contributed by atoms with Crippen molar-refractivity contribution in [3.8, 4) is 0 Å². The molecule has 5 nitrogen and oxygen atoms in total. The van der Waals surface area contributed by atoms with E-state index in [9.17, 15) is 18.0 Å². The van der Waals surface area contributed by atoms with Gasteiger partial charge in [0, 0.05) is 25.7 Å². The van der Waals surface area contributed by atoms with E-state index in [2.05, 4.69) is 20.9 Å². The van der Waals surface area contributed by atoms with Crippen LogP contribution in [0.5, 0.6) is 0 Å². The molecule has 0 bridgehead atoms. The van der Waals surface area contributed by atoms with Crippen LogP contribution in [0, 0.1) is 0 Å². The Bertz CT molecular complexity index is 817. The van der Waals surface area contributed by atoms with Crippen molar-refractivity contribution in [2.75, 3.05) is 13.6 Å². The van der Waals surface area contributed by atoms with Gasteiger partial charge in [0.05, 0.1) is 12.1 Å². The first-order valence-corrected chi connectivity index (χ1v) is 8.82. The van der Waals surface area contributed by atoms with E-state index in [0.29, 0.717) is 36.7 Å². The van der Waals surface area contributed by atoms with Gasteiger partial charge in [-0.15, -0.1) is 0 Å². The Kier molecular flexibility index (Phi) is 7.43. The fourth-order valence-electron chi connectivity index (χ4n) is 2.46. The summed E-state index contributed by atoms with van der Waals surface area (Å²) in [5.41, 5.74) is 1.46. The van der Waals surface area contributed by atoms with Crippen molar-refractivity contribution in [3.63, 3.8) is 0 Å². The number of benzene rings is 2. The van der Waals surface area contributed by atoms with Crippen LogP contribution in [0.15, 0.2) is 53.5 Å². The molecule has 0 aromatic heterocycles. The number of alkyl halides is 3. The fraction of sp³-hybridized carbons (Fsp3) is 0.300. The first-order valence-electron chi connectivity index (χ1n) is 8.82. The summed E-state index contributed by atoms with van der Waals surface area (Å²) in [7, 11) is 1.57. The zero-order valence-corrected chi connectivity index (χ0v) is 15.7. The van der Waals surface area contributed by atoms with E-state index in [1.54, 1.807) is 25.2 Å². The molecule has 0 aliphatic rings. The van der Waals surface area contributed by atoms with Gasteiger partial charge in [-0.05, 0) is 42.3 Å². The van der Waals surface area contributed by atoms with E-state index in [1.807, 2.05) is 13.0 Å². The molecule has 150 valence electrons. The Labute approximate surface area is 162 Å². The third-order valence-corrected chi connectivity index (χ3v) is 3.92. The Morgan fingerprint density at radius 2 is 1.75 bits per heavy atom. The lowest BCUT2D eigenvalue weighted by Crippen LogP contribution is -2.36. The van der Waals surface area contributed by atoms with E-state index in [0.717, 1.165) is 17.7 Å². The van der Waals surface area contributed by atoms with Crippen molar-refractivity contribution in [3.05, 3.63) is 70.8 Å². The zero-order chi connectivity index (χ0) is 20.6. The maximum atomic E-state index is 12.6. The number of halogens is 3. The minimum atomic E-state index is -4.34. The third kappa shape index (κ3) is 6.29. The summed E-state index contributed by atoms with van der Waals surface area (Å²) in [4.78, 5) is 16.2. The minimum Gasteiger partial charge on any atom is -0.357 e. The molecule has 1 amide bonds. The molecule has 0 fully saturated rings. The second kappa shape index (κ2) is 9.77. The molecule has 0 atom stereocenters. The third-order valence-electron chi connectivity index (χ3n) is 3.92. The first-order chi connectivity index (χ1) is 13.3. The number of guanidine groups is 1. The van der Waals surface area contributed by atoms with Gasteiger partial charge >= 0.3 is 6.18 Å². The van der Waals surface area contributed by atoms with Crippen LogP contribution >= 0.6 is 0 Å². The number of hydrogen-bond acceptors (Lipinski definition) is 2. The van der Waals surface area contributed by atoms with Gasteiger partial charge in [0.1, 0.15) is 0 Å². The largest absolute Gasteiger partial charge is 0.416 e. The van der Waals surface area contributed by atoms with Gasteiger partial charge in [0.15, 0.2) is 5.96 Å². The van der Waals surface area contributed by atoms with Crippen molar-refractivity contribution in [2.45, 2.75) is 26.2 Å². The molecule has 3 N–H and O–H groups in total. The van der Waals surface area contributed by atoms with Crippen LogP contribution in [-0.4, -0.2) is 25.5 Å². The summed E-state index contributed by atoms with van der Waals surface area (Å²) in [5.74, 6) is 0.367. The highest BCUT2D eigenvalue weighted by Gasteiger charge is 2.29. The van der Waals surface area contributed by atoms with Crippen molar-refractivity contribution in [1.82, 2.24) is 16.0 Å². The molecule has 2 aromatic rings. The Balaban J connectivity index is 2.02. The van der Waals surface area contributed by atoms with Crippen LogP contribution in [0.1, 0.15) is 34.0 Å². The molecule has 0 spiro atoms. The second-order valence-corrected chi connectivity index (χ2v) is 6.02. The van der Waals surface area contributed by atoms with E-state index in [-0.39, 0.29) is 5.91 Å². The number of hydrogen-bond donors (Lipinski definition) is 3.